The number of anilines is 1. The van der Waals surface area contributed by atoms with Gasteiger partial charge in [-0.1, -0.05) is 6.07 Å². The lowest BCUT2D eigenvalue weighted by atomic mass is 10.2. The Hall–Kier alpha value is -1.79. The quantitative estimate of drug-likeness (QED) is 0.653. The van der Waals surface area contributed by atoms with Crippen LogP contribution in [0.2, 0.25) is 0 Å². The Morgan fingerprint density at radius 2 is 2.00 bits per heavy atom. The summed E-state index contributed by atoms with van der Waals surface area (Å²) < 4.78 is 5.10. The van der Waals surface area contributed by atoms with Gasteiger partial charge in [0.1, 0.15) is 6.61 Å². The van der Waals surface area contributed by atoms with Crippen LogP contribution < -0.4 is 5.32 Å². The minimum atomic E-state index is -0.347. The van der Waals surface area contributed by atoms with Gasteiger partial charge in [-0.25, -0.2) is 4.79 Å². The van der Waals surface area contributed by atoms with E-state index in [-0.39, 0.29) is 11.9 Å². The predicted molar refractivity (Wildman–Crippen MR) is 87.4 cm³/mol. The molecular formula is C15H15NO3S2. The van der Waals surface area contributed by atoms with Crippen LogP contribution in [0.4, 0.5) is 5.69 Å². The van der Waals surface area contributed by atoms with Gasteiger partial charge in [-0.15, -0.1) is 11.3 Å². The predicted octanol–water partition coefficient (Wildman–Crippen LogP) is 3.52. The Morgan fingerprint density at radius 1 is 1.24 bits per heavy atom. The summed E-state index contributed by atoms with van der Waals surface area (Å²) in [4.78, 5) is 24.2. The van der Waals surface area contributed by atoms with Crippen molar-refractivity contribution in [3.63, 3.8) is 0 Å². The highest BCUT2D eigenvalue weighted by atomic mass is 32.2. The van der Waals surface area contributed by atoms with Gasteiger partial charge in [0.25, 0.3) is 5.91 Å². The van der Waals surface area contributed by atoms with Gasteiger partial charge in [0, 0.05) is 11.4 Å². The Kier molecular flexibility index (Phi) is 5.83. The first-order chi connectivity index (χ1) is 10.2. The number of hydrogen-bond acceptors (Lipinski definition) is 5. The zero-order chi connectivity index (χ0) is 15.1. The van der Waals surface area contributed by atoms with E-state index in [0.717, 1.165) is 5.75 Å². The maximum absolute atomic E-state index is 11.9. The molecule has 0 spiro atoms. The second-order valence-electron chi connectivity index (χ2n) is 4.14. The molecule has 0 saturated carbocycles. The van der Waals surface area contributed by atoms with E-state index in [1.165, 1.54) is 11.3 Å². The molecule has 1 heterocycles. The number of thioether (sulfide) groups is 1. The number of carbonyl (C=O) groups is 2. The summed E-state index contributed by atoms with van der Waals surface area (Å²) in [6.45, 7) is 0.400. The van der Waals surface area contributed by atoms with Gasteiger partial charge in [0.05, 0.1) is 10.4 Å². The largest absolute Gasteiger partial charge is 0.461 e. The molecule has 4 nitrogen and oxygen atoms in total. The van der Waals surface area contributed by atoms with Crippen molar-refractivity contribution in [1.29, 1.82) is 0 Å². The molecule has 0 bridgehead atoms. The highest BCUT2D eigenvalue weighted by molar-refractivity contribution is 7.98. The zero-order valence-corrected chi connectivity index (χ0v) is 13.1. The highest BCUT2D eigenvalue weighted by Crippen LogP contribution is 2.14. The standard InChI is InChI=1S/C15H15NO3S2/c1-20-10-8-19-15(18)11-4-6-12(7-5-11)16-14(17)13-3-2-9-21-13/h2-7,9H,8,10H2,1H3,(H,16,17). The van der Waals surface area contributed by atoms with E-state index in [2.05, 4.69) is 5.32 Å². The Balaban J connectivity index is 1.92. The first-order valence-corrected chi connectivity index (χ1v) is 8.59. The maximum Gasteiger partial charge on any atom is 0.338 e. The molecule has 0 fully saturated rings. The lowest BCUT2D eigenvalue weighted by Crippen LogP contribution is -2.11. The molecule has 6 heteroatoms. The third-order valence-corrected chi connectivity index (χ3v) is 4.09. The van der Waals surface area contributed by atoms with Crippen LogP contribution in [0, 0.1) is 0 Å². The molecular weight excluding hydrogens is 306 g/mol. The monoisotopic (exact) mass is 321 g/mol. The fourth-order valence-corrected chi connectivity index (χ4v) is 2.46. The van der Waals surface area contributed by atoms with Crippen LogP contribution in [-0.2, 0) is 4.74 Å². The van der Waals surface area contributed by atoms with Crippen molar-refractivity contribution < 1.29 is 14.3 Å². The first kappa shape index (κ1) is 15.6. The molecule has 0 aliphatic heterocycles. The van der Waals surface area contributed by atoms with Crippen molar-refractivity contribution in [3.05, 3.63) is 52.2 Å². The van der Waals surface area contributed by atoms with E-state index in [1.54, 1.807) is 42.1 Å². The van der Waals surface area contributed by atoms with Crippen molar-refractivity contribution in [3.8, 4) is 0 Å². The van der Waals surface area contributed by atoms with E-state index in [1.807, 2.05) is 17.7 Å². The smallest absolute Gasteiger partial charge is 0.338 e. The number of hydrogen-bond donors (Lipinski definition) is 1. The Morgan fingerprint density at radius 3 is 2.62 bits per heavy atom. The lowest BCUT2D eigenvalue weighted by Gasteiger charge is -2.06. The van der Waals surface area contributed by atoms with Gasteiger partial charge >= 0.3 is 5.97 Å². The van der Waals surface area contributed by atoms with E-state index < -0.39 is 0 Å². The fourth-order valence-electron chi connectivity index (χ4n) is 1.59. The number of ether oxygens (including phenoxy) is 1. The number of thiophene rings is 1. The SMILES string of the molecule is CSCCOC(=O)c1ccc(NC(=O)c2cccs2)cc1. The minimum Gasteiger partial charge on any atom is -0.461 e. The van der Waals surface area contributed by atoms with Crippen molar-refractivity contribution >= 4 is 40.7 Å². The van der Waals surface area contributed by atoms with Crippen LogP contribution in [0.3, 0.4) is 0 Å². The van der Waals surface area contributed by atoms with Crippen molar-refractivity contribution in [2.24, 2.45) is 0 Å². The molecule has 2 rings (SSSR count). The van der Waals surface area contributed by atoms with Crippen LogP contribution >= 0.6 is 23.1 Å². The average Bonchev–Trinajstić information content (AvgIpc) is 3.02. The summed E-state index contributed by atoms with van der Waals surface area (Å²) in [5, 5.41) is 4.63. The van der Waals surface area contributed by atoms with Gasteiger partial charge in [0.15, 0.2) is 0 Å². The highest BCUT2D eigenvalue weighted by Gasteiger charge is 2.09. The molecule has 1 aromatic heterocycles. The number of esters is 1. The summed E-state index contributed by atoms with van der Waals surface area (Å²) >= 11 is 3.00. The van der Waals surface area contributed by atoms with Crippen molar-refractivity contribution in [2.45, 2.75) is 0 Å². The zero-order valence-electron chi connectivity index (χ0n) is 11.5. The second-order valence-corrected chi connectivity index (χ2v) is 6.07. The molecule has 0 radical (unpaired) electrons. The number of carbonyl (C=O) groups excluding carboxylic acids is 2. The molecule has 0 atom stereocenters. The van der Waals surface area contributed by atoms with Crippen LogP contribution in [0.5, 0.6) is 0 Å². The second kappa shape index (κ2) is 7.85. The number of benzene rings is 1. The normalized spacial score (nSPS) is 10.1. The molecule has 1 N–H and O–H groups in total. The molecule has 110 valence electrons. The molecule has 2 aromatic rings. The summed E-state index contributed by atoms with van der Waals surface area (Å²) in [7, 11) is 0. The maximum atomic E-state index is 11.9. The third kappa shape index (κ3) is 4.61. The molecule has 0 aliphatic rings. The summed E-state index contributed by atoms with van der Waals surface area (Å²) in [6, 6.07) is 10.3. The third-order valence-electron chi connectivity index (χ3n) is 2.64. The van der Waals surface area contributed by atoms with Gasteiger partial charge in [-0.3, -0.25) is 4.79 Å². The van der Waals surface area contributed by atoms with Crippen molar-refractivity contribution in [2.75, 3.05) is 23.9 Å². The van der Waals surface area contributed by atoms with Gasteiger partial charge < -0.3 is 10.1 Å². The molecule has 0 saturated heterocycles. The first-order valence-electron chi connectivity index (χ1n) is 6.31. The molecule has 21 heavy (non-hydrogen) atoms. The van der Waals surface area contributed by atoms with Gasteiger partial charge in [-0.05, 0) is 42.0 Å². The Labute approximate surface area is 131 Å². The summed E-state index contributed by atoms with van der Waals surface area (Å²) in [6.07, 6.45) is 1.96. The van der Waals surface area contributed by atoms with Crippen LogP contribution in [0.25, 0.3) is 0 Å². The molecule has 0 unspecified atom stereocenters. The fraction of sp³-hybridized carbons (Fsp3) is 0.200. The molecule has 0 aliphatic carbocycles. The average molecular weight is 321 g/mol. The summed E-state index contributed by atoms with van der Waals surface area (Å²) in [5.74, 6) is 0.279. The van der Waals surface area contributed by atoms with E-state index in [9.17, 15) is 9.59 Å². The number of rotatable bonds is 6. The van der Waals surface area contributed by atoms with E-state index >= 15 is 0 Å². The van der Waals surface area contributed by atoms with Gasteiger partial charge in [-0.2, -0.15) is 11.8 Å². The van der Waals surface area contributed by atoms with E-state index in [0.29, 0.717) is 22.7 Å². The van der Waals surface area contributed by atoms with Crippen LogP contribution in [0.1, 0.15) is 20.0 Å². The number of amides is 1. The number of nitrogens with one attached hydrogen (secondary N) is 1. The van der Waals surface area contributed by atoms with Crippen LogP contribution in [-0.4, -0.2) is 30.5 Å². The Bertz CT molecular complexity index is 594. The van der Waals surface area contributed by atoms with Gasteiger partial charge in [0.2, 0.25) is 0 Å². The summed E-state index contributed by atoms with van der Waals surface area (Å²) in [5.41, 5.74) is 1.12. The minimum absolute atomic E-state index is 0.153. The van der Waals surface area contributed by atoms with E-state index in [4.69, 9.17) is 4.74 Å². The lowest BCUT2D eigenvalue weighted by molar-refractivity contribution is 0.0530. The van der Waals surface area contributed by atoms with Crippen LogP contribution in [0.15, 0.2) is 41.8 Å². The molecule has 1 aromatic carbocycles. The van der Waals surface area contributed by atoms with Crippen molar-refractivity contribution in [1.82, 2.24) is 0 Å². The topological polar surface area (TPSA) is 55.4 Å². The molecule has 1 amide bonds.